The van der Waals surface area contributed by atoms with Gasteiger partial charge < -0.3 is 0 Å². The minimum Gasteiger partial charge on any atom is -0.254 e. The fraction of sp³-hybridized carbons (Fsp3) is 0. The topological polar surface area (TPSA) is 46.3 Å². The van der Waals surface area contributed by atoms with Crippen LogP contribution >= 0.6 is 23.2 Å². The molecule has 12 heavy (non-hydrogen) atoms. The third-order valence-electron chi connectivity index (χ3n) is 1.29. The average Bonchev–Trinajstić information content (AvgIpc) is 2.04. The lowest BCUT2D eigenvalue weighted by atomic mass is 10.3. The summed E-state index contributed by atoms with van der Waals surface area (Å²) in [6, 6.07) is 6.44. The molecule has 64 valence electrons. The van der Waals surface area contributed by atoms with Crippen LogP contribution < -0.4 is 10.9 Å². The van der Waals surface area contributed by atoms with E-state index in [0.717, 1.165) is 5.01 Å². The summed E-state index contributed by atoms with van der Waals surface area (Å²) in [4.78, 5) is 10.6. The number of carbonyl (C=O) groups is 1. The number of carbonyl (C=O) groups excluding carboxylic acids is 1. The number of benzene rings is 1. The molecule has 5 heteroatoms. The highest BCUT2D eigenvalue weighted by Crippen LogP contribution is 2.16. The van der Waals surface area contributed by atoms with Gasteiger partial charge in [0.1, 0.15) is 0 Å². The van der Waals surface area contributed by atoms with E-state index in [0.29, 0.717) is 10.7 Å². The van der Waals surface area contributed by atoms with Crippen LogP contribution in [0.25, 0.3) is 0 Å². The van der Waals surface area contributed by atoms with E-state index in [1.807, 2.05) is 0 Å². The summed E-state index contributed by atoms with van der Waals surface area (Å²) in [5.74, 6) is 5.30. The Hall–Kier alpha value is -0.770. The second-order valence-corrected chi connectivity index (χ2v) is 2.86. The van der Waals surface area contributed by atoms with Crippen molar-refractivity contribution in [1.29, 1.82) is 0 Å². The Labute approximate surface area is 79.6 Å². The van der Waals surface area contributed by atoms with Crippen molar-refractivity contribution in [2.45, 2.75) is 0 Å². The molecule has 0 spiro atoms. The van der Waals surface area contributed by atoms with Gasteiger partial charge in [-0.1, -0.05) is 11.6 Å². The smallest absolute Gasteiger partial charge is 0.254 e. The van der Waals surface area contributed by atoms with Gasteiger partial charge >= 0.3 is 5.37 Å². The molecule has 0 aliphatic carbocycles. The highest BCUT2D eigenvalue weighted by molar-refractivity contribution is 6.65. The molecule has 0 aliphatic rings. The monoisotopic (exact) mass is 204 g/mol. The first kappa shape index (κ1) is 9.32. The second-order valence-electron chi connectivity index (χ2n) is 2.10. The predicted octanol–water partition coefficient (Wildman–Crippen LogP) is 2.38. The van der Waals surface area contributed by atoms with Gasteiger partial charge in [0.2, 0.25) is 0 Å². The Balaban J connectivity index is 2.89. The Morgan fingerprint density at radius 1 is 1.33 bits per heavy atom. The standard InChI is InChI=1S/C7H6Cl2N2O/c8-5-1-3-6(4-2-5)11(10)7(9)12/h1-4H,10H2. The number of nitrogens with two attached hydrogens (primary N) is 1. The molecule has 0 radical (unpaired) electrons. The summed E-state index contributed by atoms with van der Waals surface area (Å²) in [5.41, 5.74) is 0.499. The van der Waals surface area contributed by atoms with Gasteiger partial charge in [-0.3, -0.25) is 4.79 Å². The molecule has 0 heterocycles. The molecule has 0 fully saturated rings. The van der Waals surface area contributed by atoms with Crippen LogP contribution in [0.4, 0.5) is 10.5 Å². The van der Waals surface area contributed by atoms with E-state index in [1.165, 1.54) is 0 Å². The average molecular weight is 205 g/mol. The Morgan fingerprint density at radius 3 is 2.25 bits per heavy atom. The van der Waals surface area contributed by atoms with Crippen LogP contribution in [0.15, 0.2) is 24.3 Å². The number of halogens is 2. The predicted molar refractivity (Wildman–Crippen MR) is 49.4 cm³/mol. The van der Waals surface area contributed by atoms with Crippen LogP contribution in [0, 0.1) is 0 Å². The van der Waals surface area contributed by atoms with Crippen LogP contribution in [0.2, 0.25) is 5.02 Å². The lowest BCUT2D eigenvalue weighted by Gasteiger charge is -2.11. The Kier molecular flexibility index (Phi) is 2.92. The van der Waals surface area contributed by atoms with E-state index in [4.69, 9.17) is 29.0 Å². The summed E-state index contributed by atoms with van der Waals surface area (Å²) < 4.78 is 0. The van der Waals surface area contributed by atoms with Crippen LogP contribution in [-0.2, 0) is 0 Å². The lowest BCUT2D eigenvalue weighted by Crippen LogP contribution is -2.32. The van der Waals surface area contributed by atoms with Crippen molar-refractivity contribution in [3.63, 3.8) is 0 Å². The van der Waals surface area contributed by atoms with Gasteiger partial charge in [-0.2, -0.15) is 0 Å². The van der Waals surface area contributed by atoms with Gasteiger partial charge in [-0.05, 0) is 35.9 Å². The van der Waals surface area contributed by atoms with Crippen molar-refractivity contribution >= 4 is 34.3 Å². The van der Waals surface area contributed by atoms with Gasteiger partial charge in [0, 0.05) is 5.02 Å². The van der Waals surface area contributed by atoms with Gasteiger partial charge in [-0.25, -0.2) is 10.9 Å². The minimum absolute atomic E-state index is 0.499. The molecule has 0 saturated carbocycles. The number of amides is 1. The van der Waals surface area contributed by atoms with Crippen LogP contribution in [0.5, 0.6) is 0 Å². The number of hydrogen-bond donors (Lipinski definition) is 1. The molecule has 0 bridgehead atoms. The minimum atomic E-state index is -0.739. The molecule has 2 N–H and O–H groups in total. The highest BCUT2D eigenvalue weighted by atomic mass is 35.5. The molecular formula is C7H6Cl2N2O. The van der Waals surface area contributed by atoms with E-state index >= 15 is 0 Å². The lowest BCUT2D eigenvalue weighted by molar-refractivity contribution is 0.264. The summed E-state index contributed by atoms with van der Waals surface area (Å²) in [7, 11) is 0. The van der Waals surface area contributed by atoms with E-state index in [2.05, 4.69) is 0 Å². The molecule has 0 saturated heterocycles. The van der Waals surface area contributed by atoms with Crippen LogP contribution in [-0.4, -0.2) is 5.37 Å². The molecule has 0 aliphatic heterocycles. The molecular weight excluding hydrogens is 199 g/mol. The molecule has 0 atom stereocenters. The van der Waals surface area contributed by atoms with E-state index in [9.17, 15) is 4.79 Å². The van der Waals surface area contributed by atoms with Crippen molar-refractivity contribution in [3.05, 3.63) is 29.3 Å². The molecule has 1 aromatic rings. The molecule has 1 rings (SSSR count). The Bertz CT molecular complexity index is 286. The van der Waals surface area contributed by atoms with Crippen molar-refractivity contribution in [2.75, 3.05) is 5.01 Å². The Morgan fingerprint density at radius 2 is 1.83 bits per heavy atom. The first-order valence-electron chi connectivity index (χ1n) is 3.11. The van der Waals surface area contributed by atoms with Crippen LogP contribution in [0.3, 0.4) is 0 Å². The third-order valence-corrected chi connectivity index (χ3v) is 1.73. The van der Waals surface area contributed by atoms with Crippen molar-refractivity contribution in [3.8, 4) is 0 Å². The molecule has 1 amide bonds. The number of hydrogen-bond acceptors (Lipinski definition) is 2. The quantitative estimate of drug-likeness (QED) is 0.251. The summed E-state index contributed by atoms with van der Waals surface area (Å²) in [5, 5.41) is 0.671. The van der Waals surface area contributed by atoms with Crippen molar-refractivity contribution in [2.24, 2.45) is 5.84 Å². The molecule has 3 nitrogen and oxygen atoms in total. The van der Waals surface area contributed by atoms with Crippen LogP contribution in [0.1, 0.15) is 0 Å². The highest BCUT2D eigenvalue weighted by Gasteiger charge is 2.06. The van der Waals surface area contributed by atoms with Gasteiger partial charge in [0.15, 0.2) is 0 Å². The SMILES string of the molecule is NN(C(=O)Cl)c1ccc(Cl)cc1. The zero-order chi connectivity index (χ0) is 9.14. The second kappa shape index (κ2) is 3.76. The summed E-state index contributed by atoms with van der Waals surface area (Å²) in [6.45, 7) is 0. The maximum atomic E-state index is 10.6. The van der Waals surface area contributed by atoms with E-state index in [1.54, 1.807) is 24.3 Å². The molecule has 0 aromatic heterocycles. The summed E-state index contributed by atoms with van der Waals surface area (Å²) in [6.07, 6.45) is 0. The summed E-state index contributed by atoms with van der Waals surface area (Å²) >= 11 is 10.8. The largest absolute Gasteiger partial charge is 0.335 e. The number of hydrazine groups is 1. The maximum Gasteiger partial charge on any atom is 0.335 e. The normalized spacial score (nSPS) is 9.58. The number of rotatable bonds is 1. The zero-order valence-corrected chi connectivity index (χ0v) is 7.51. The number of anilines is 1. The van der Waals surface area contributed by atoms with Crippen molar-refractivity contribution in [1.82, 2.24) is 0 Å². The first-order chi connectivity index (χ1) is 5.61. The third kappa shape index (κ3) is 2.11. The van der Waals surface area contributed by atoms with Gasteiger partial charge in [0.25, 0.3) is 0 Å². The van der Waals surface area contributed by atoms with Gasteiger partial charge in [0.05, 0.1) is 5.69 Å². The van der Waals surface area contributed by atoms with E-state index < -0.39 is 5.37 Å². The van der Waals surface area contributed by atoms with E-state index in [-0.39, 0.29) is 0 Å². The van der Waals surface area contributed by atoms with Crippen molar-refractivity contribution < 1.29 is 4.79 Å². The fourth-order valence-electron chi connectivity index (χ4n) is 0.703. The van der Waals surface area contributed by atoms with Gasteiger partial charge in [-0.15, -0.1) is 0 Å². The fourth-order valence-corrected chi connectivity index (χ4v) is 0.927. The molecule has 1 aromatic carbocycles. The first-order valence-corrected chi connectivity index (χ1v) is 3.86. The zero-order valence-electron chi connectivity index (χ0n) is 6.00. The molecule has 0 unspecified atom stereocenters. The number of nitrogens with zero attached hydrogens (tertiary/aromatic N) is 1. The maximum absolute atomic E-state index is 10.6.